The molecular formula is C24H35FN4O2. The lowest BCUT2D eigenvalue weighted by atomic mass is 9.92. The van der Waals surface area contributed by atoms with Gasteiger partial charge in [0.05, 0.1) is 6.04 Å². The number of carbonyl (C=O) groups excluding carboxylic acids is 2. The maximum atomic E-state index is 13.6. The molecule has 1 saturated carbocycles. The number of urea groups is 1. The molecule has 2 aliphatic heterocycles. The van der Waals surface area contributed by atoms with Gasteiger partial charge in [0, 0.05) is 44.5 Å². The van der Waals surface area contributed by atoms with Gasteiger partial charge in [-0.3, -0.25) is 9.69 Å². The predicted molar refractivity (Wildman–Crippen MR) is 119 cm³/mol. The third-order valence-electron chi connectivity index (χ3n) is 7.28. The Morgan fingerprint density at radius 2 is 1.58 bits per heavy atom. The number of nitrogens with zero attached hydrogens (tertiary/aromatic N) is 3. The third kappa shape index (κ3) is 5.20. The smallest absolute Gasteiger partial charge is 0.321 e. The van der Waals surface area contributed by atoms with Crippen molar-refractivity contribution in [3.05, 3.63) is 30.1 Å². The molecule has 2 saturated heterocycles. The number of likely N-dealkylation sites (tertiary alicyclic amines) is 1. The lowest BCUT2D eigenvalue weighted by Gasteiger charge is -2.44. The number of amides is 3. The molecule has 31 heavy (non-hydrogen) atoms. The molecule has 2 unspecified atom stereocenters. The van der Waals surface area contributed by atoms with Gasteiger partial charge in [0.1, 0.15) is 5.82 Å². The van der Waals surface area contributed by atoms with Crippen molar-refractivity contribution < 1.29 is 14.0 Å². The van der Waals surface area contributed by atoms with Crippen molar-refractivity contribution in [2.24, 2.45) is 5.92 Å². The lowest BCUT2D eigenvalue weighted by molar-refractivity contribution is -0.143. The summed E-state index contributed by atoms with van der Waals surface area (Å²) in [5.74, 6) is 0.418. The number of nitrogens with one attached hydrogen (secondary N) is 1. The van der Waals surface area contributed by atoms with Gasteiger partial charge in [-0.15, -0.1) is 0 Å². The first-order chi connectivity index (χ1) is 15.0. The largest absolute Gasteiger partial charge is 0.339 e. The van der Waals surface area contributed by atoms with Crippen LogP contribution in [0.25, 0.3) is 0 Å². The van der Waals surface area contributed by atoms with Crippen LogP contribution in [0.1, 0.15) is 51.9 Å². The summed E-state index contributed by atoms with van der Waals surface area (Å²) in [6.45, 7) is 5.68. The van der Waals surface area contributed by atoms with E-state index in [0.717, 1.165) is 32.2 Å². The SMILES string of the molecule is CC1CCCCN1C(=O)C(C1CCCC1)N1CCN(C(=O)Nc2ccc(F)cc2)CC1. The Morgan fingerprint density at radius 1 is 0.935 bits per heavy atom. The molecule has 3 aliphatic rings. The van der Waals surface area contributed by atoms with Gasteiger partial charge in [-0.1, -0.05) is 12.8 Å². The standard InChI is InChI=1S/C24H35FN4O2/c1-18-6-4-5-13-29(18)23(30)22(19-7-2-3-8-19)27-14-16-28(17-15-27)24(31)26-21-11-9-20(25)10-12-21/h9-12,18-19,22H,2-8,13-17H2,1H3,(H,26,31). The Hall–Kier alpha value is -2.15. The number of anilines is 1. The Kier molecular flexibility index (Phi) is 7.10. The minimum absolute atomic E-state index is 0.0506. The number of rotatable bonds is 4. The van der Waals surface area contributed by atoms with E-state index in [1.54, 1.807) is 17.0 Å². The molecule has 0 aromatic heterocycles. The summed E-state index contributed by atoms with van der Waals surface area (Å²) in [6.07, 6.45) is 8.09. The van der Waals surface area contributed by atoms with Crippen LogP contribution in [0.5, 0.6) is 0 Å². The second-order valence-electron chi connectivity index (χ2n) is 9.33. The molecule has 2 atom stereocenters. The van der Waals surface area contributed by atoms with Gasteiger partial charge >= 0.3 is 6.03 Å². The fraction of sp³-hybridized carbons (Fsp3) is 0.667. The van der Waals surface area contributed by atoms with Crippen LogP contribution in [0.4, 0.5) is 14.9 Å². The van der Waals surface area contributed by atoms with Gasteiger partial charge < -0.3 is 15.1 Å². The number of hydrogen-bond donors (Lipinski definition) is 1. The topological polar surface area (TPSA) is 55.9 Å². The van der Waals surface area contributed by atoms with Crippen LogP contribution < -0.4 is 5.32 Å². The molecule has 7 heteroatoms. The maximum Gasteiger partial charge on any atom is 0.321 e. The van der Waals surface area contributed by atoms with Crippen LogP contribution in [0.15, 0.2) is 24.3 Å². The van der Waals surface area contributed by atoms with Gasteiger partial charge in [-0.2, -0.15) is 0 Å². The quantitative estimate of drug-likeness (QED) is 0.787. The molecule has 0 spiro atoms. The van der Waals surface area contributed by atoms with E-state index >= 15 is 0 Å². The molecule has 1 aromatic rings. The first-order valence-electron chi connectivity index (χ1n) is 11.9. The molecule has 6 nitrogen and oxygen atoms in total. The Labute approximate surface area is 184 Å². The maximum absolute atomic E-state index is 13.6. The summed E-state index contributed by atoms with van der Waals surface area (Å²) >= 11 is 0. The average molecular weight is 431 g/mol. The van der Waals surface area contributed by atoms with Crippen LogP contribution in [0.2, 0.25) is 0 Å². The molecule has 1 N–H and O–H groups in total. The Balaban J connectivity index is 1.38. The third-order valence-corrected chi connectivity index (χ3v) is 7.28. The highest BCUT2D eigenvalue weighted by Gasteiger charge is 2.40. The second kappa shape index (κ2) is 9.98. The van der Waals surface area contributed by atoms with Crippen molar-refractivity contribution in [3.63, 3.8) is 0 Å². The first kappa shape index (κ1) is 22.1. The summed E-state index contributed by atoms with van der Waals surface area (Å²) in [5, 5.41) is 2.84. The normalized spacial score (nSPS) is 24.3. The van der Waals surface area contributed by atoms with Crippen LogP contribution in [-0.2, 0) is 4.79 Å². The fourth-order valence-electron chi connectivity index (χ4n) is 5.46. The highest BCUT2D eigenvalue weighted by molar-refractivity contribution is 5.89. The average Bonchev–Trinajstić information content (AvgIpc) is 3.30. The van der Waals surface area contributed by atoms with Crippen molar-refractivity contribution in [2.45, 2.75) is 64.0 Å². The van der Waals surface area contributed by atoms with E-state index in [1.807, 2.05) is 0 Å². The van der Waals surface area contributed by atoms with Gasteiger partial charge in [0.2, 0.25) is 5.91 Å². The molecule has 0 radical (unpaired) electrons. The van der Waals surface area contributed by atoms with Gasteiger partial charge in [0.15, 0.2) is 0 Å². The highest BCUT2D eigenvalue weighted by Crippen LogP contribution is 2.33. The summed E-state index contributed by atoms with van der Waals surface area (Å²) in [6, 6.07) is 5.92. The number of piperazine rings is 1. The number of piperidine rings is 1. The molecule has 1 aromatic carbocycles. The first-order valence-corrected chi connectivity index (χ1v) is 11.9. The van der Waals surface area contributed by atoms with Crippen molar-refractivity contribution in [1.82, 2.24) is 14.7 Å². The number of hydrogen-bond acceptors (Lipinski definition) is 3. The van der Waals surface area contributed by atoms with Crippen molar-refractivity contribution in [3.8, 4) is 0 Å². The second-order valence-corrected chi connectivity index (χ2v) is 9.33. The molecule has 1 aliphatic carbocycles. The molecule has 3 amide bonds. The summed E-state index contributed by atoms with van der Waals surface area (Å²) in [4.78, 5) is 32.5. The minimum atomic E-state index is -0.322. The van der Waals surface area contributed by atoms with Crippen LogP contribution >= 0.6 is 0 Å². The Morgan fingerprint density at radius 3 is 2.23 bits per heavy atom. The lowest BCUT2D eigenvalue weighted by Crippen LogP contribution is -2.60. The van der Waals surface area contributed by atoms with E-state index in [-0.39, 0.29) is 17.9 Å². The molecule has 4 rings (SSSR count). The molecular weight excluding hydrogens is 395 g/mol. The number of halogens is 1. The van der Waals surface area contributed by atoms with E-state index in [0.29, 0.717) is 49.7 Å². The predicted octanol–water partition coefficient (Wildman–Crippen LogP) is 3.94. The summed E-state index contributed by atoms with van der Waals surface area (Å²) < 4.78 is 13.1. The van der Waals surface area contributed by atoms with Crippen LogP contribution in [0.3, 0.4) is 0 Å². The van der Waals surface area contributed by atoms with Crippen molar-refractivity contribution in [2.75, 3.05) is 38.0 Å². The molecule has 170 valence electrons. The van der Waals surface area contributed by atoms with Crippen molar-refractivity contribution >= 4 is 17.6 Å². The zero-order valence-corrected chi connectivity index (χ0v) is 18.6. The zero-order chi connectivity index (χ0) is 21.8. The summed E-state index contributed by atoms with van der Waals surface area (Å²) in [5.41, 5.74) is 0.590. The Bertz CT molecular complexity index is 757. The van der Waals surface area contributed by atoms with E-state index < -0.39 is 0 Å². The fourth-order valence-corrected chi connectivity index (χ4v) is 5.46. The van der Waals surface area contributed by atoms with Gasteiger partial charge in [-0.05, 0) is 69.2 Å². The van der Waals surface area contributed by atoms with Crippen LogP contribution in [0, 0.1) is 11.7 Å². The van der Waals surface area contributed by atoms with E-state index in [4.69, 9.17) is 0 Å². The van der Waals surface area contributed by atoms with E-state index in [2.05, 4.69) is 22.0 Å². The molecule has 3 fully saturated rings. The summed E-state index contributed by atoms with van der Waals surface area (Å²) in [7, 11) is 0. The monoisotopic (exact) mass is 430 g/mol. The van der Waals surface area contributed by atoms with Crippen LogP contribution in [-0.4, -0.2) is 71.4 Å². The van der Waals surface area contributed by atoms with E-state index in [1.165, 1.54) is 31.4 Å². The number of benzene rings is 1. The number of carbonyl (C=O) groups is 2. The molecule has 2 heterocycles. The van der Waals surface area contributed by atoms with Crippen molar-refractivity contribution in [1.29, 1.82) is 0 Å². The van der Waals surface area contributed by atoms with E-state index in [9.17, 15) is 14.0 Å². The van der Waals surface area contributed by atoms with Gasteiger partial charge in [0.25, 0.3) is 0 Å². The highest BCUT2D eigenvalue weighted by atomic mass is 19.1. The minimum Gasteiger partial charge on any atom is -0.339 e. The molecule has 0 bridgehead atoms. The van der Waals surface area contributed by atoms with Gasteiger partial charge in [-0.25, -0.2) is 9.18 Å². The zero-order valence-electron chi connectivity index (χ0n) is 18.6.